The summed E-state index contributed by atoms with van der Waals surface area (Å²) in [4.78, 5) is 14.4. The number of hydrogen-bond donors (Lipinski definition) is 0. The van der Waals surface area contributed by atoms with E-state index in [9.17, 15) is 12.8 Å². The molecule has 0 N–H and O–H groups in total. The van der Waals surface area contributed by atoms with Gasteiger partial charge in [-0.25, -0.2) is 27.8 Å². The van der Waals surface area contributed by atoms with Gasteiger partial charge in [-0.2, -0.15) is 5.10 Å². The molecule has 0 spiro atoms. The van der Waals surface area contributed by atoms with Crippen molar-refractivity contribution in [1.29, 1.82) is 0 Å². The molecule has 0 radical (unpaired) electrons. The van der Waals surface area contributed by atoms with E-state index in [0.717, 1.165) is 22.7 Å². The average Bonchev–Trinajstić information content (AvgIpc) is 3.59. The van der Waals surface area contributed by atoms with Gasteiger partial charge in [0, 0.05) is 35.7 Å². The summed E-state index contributed by atoms with van der Waals surface area (Å²) in [5.74, 6) is 1.19. The minimum Gasteiger partial charge on any atom is -0.497 e. The average molecular weight is 597 g/mol. The van der Waals surface area contributed by atoms with Gasteiger partial charge in [0.05, 0.1) is 19.4 Å². The fourth-order valence-electron chi connectivity index (χ4n) is 5.02. The number of nitrogens with zero attached hydrogens (tertiary/aromatic N) is 6. The third-order valence-corrected chi connectivity index (χ3v) is 8.13. The topological polar surface area (TPSA) is 105 Å². The zero-order chi connectivity index (χ0) is 30.0. The van der Waals surface area contributed by atoms with Crippen LogP contribution < -0.4 is 4.74 Å². The third kappa shape index (κ3) is 6.17. The number of hydrogen-bond acceptors (Lipinski definition) is 7. The van der Waals surface area contributed by atoms with Gasteiger partial charge in [-0.15, -0.1) is 0 Å². The van der Waals surface area contributed by atoms with Crippen molar-refractivity contribution in [2.24, 2.45) is 0 Å². The zero-order valence-corrected chi connectivity index (χ0v) is 24.5. The van der Waals surface area contributed by atoms with Crippen LogP contribution in [-0.2, 0) is 22.9 Å². The van der Waals surface area contributed by atoms with Gasteiger partial charge >= 0.3 is 0 Å². The van der Waals surface area contributed by atoms with E-state index in [1.165, 1.54) is 24.7 Å². The van der Waals surface area contributed by atoms with Gasteiger partial charge in [0.1, 0.15) is 50.5 Å². The first-order chi connectivity index (χ1) is 20.8. The van der Waals surface area contributed by atoms with Crippen molar-refractivity contribution in [3.05, 3.63) is 103 Å². The maximum Gasteiger partial charge on any atom is 0.164 e. The highest BCUT2D eigenvalue weighted by Gasteiger charge is 2.23. The van der Waals surface area contributed by atoms with Gasteiger partial charge in [-0.05, 0) is 48.4 Å². The number of aryl methyl sites for hydroxylation is 1. The quantitative estimate of drug-likeness (QED) is 0.201. The van der Waals surface area contributed by atoms with E-state index in [1.54, 1.807) is 23.9 Å². The van der Waals surface area contributed by atoms with Crippen molar-refractivity contribution in [3.8, 4) is 39.7 Å². The van der Waals surface area contributed by atoms with Gasteiger partial charge in [0.15, 0.2) is 5.65 Å². The van der Waals surface area contributed by atoms with Crippen LogP contribution in [0.25, 0.3) is 45.1 Å². The highest BCUT2D eigenvalue weighted by atomic mass is 32.2. The lowest BCUT2D eigenvalue weighted by Gasteiger charge is -2.10. The normalized spacial score (nSPS) is 11.7. The molecule has 0 atom stereocenters. The first kappa shape index (κ1) is 28.2. The monoisotopic (exact) mass is 596 g/mol. The number of aromatic nitrogens is 6. The lowest BCUT2D eigenvalue weighted by molar-refractivity contribution is 0.414. The molecule has 9 nitrogen and oxygen atoms in total. The Morgan fingerprint density at radius 1 is 0.884 bits per heavy atom. The second kappa shape index (κ2) is 11.8. The molecule has 0 saturated carbocycles. The molecular weight excluding hydrogens is 567 g/mol. The molecule has 3 aromatic carbocycles. The van der Waals surface area contributed by atoms with Crippen molar-refractivity contribution < 1.29 is 17.5 Å². The number of methoxy groups -OCH3 is 1. The summed E-state index contributed by atoms with van der Waals surface area (Å²) < 4.78 is 46.4. The van der Waals surface area contributed by atoms with Crippen LogP contribution in [0, 0.1) is 5.82 Å². The molecule has 0 unspecified atom stereocenters. The highest BCUT2D eigenvalue weighted by molar-refractivity contribution is 7.90. The summed E-state index contributed by atoms with van der Waals surface area (Å²) in [6, 6.07) is 23.8. The molecule has 6 aromatic rings. The largest absolute Gasteiger partial charge is 0.497 e. The van der Waals surface area contributed by atoms with Crippen molar-refractivity contribution in [3.63, 3.8) is 0 Å². The van der Waals surface area contributed by atoms with Gasteiger partial charge in [0.2, 0.25) is 0 Å². The molecule has 0 amide bonds. The van der Waals surface area contributed by atoms with E-state index in [1.807, 2.05) is 60.8 Å². The fraction of sp³-hybridized carbons (Fsp3) is 0.188. The Bertz CT molecular complexity index is 1990. The van der Waals surface area contributed by atoms with Crippen LogP contribution in [0.5, 0.6) is 5.75 Å². The van der Waals surface area contributed by atoms with Crippen molar-refractivity contribution in [2.75, 3.05) is 19.1 Å². The van der Waals surface area contributed by atoms with Crippen LogP contribution in [0.4, 0.5) is 4.39 Å². The highest BCUT2D eigenvalue weighted by Crippen LogP contribution is 2.35. The maximum absolute atomic E-state index is 13.8. The van der Waals surface area contributed by atoms with E-state index in [2.05, 4.69) is 14.5 Å². The van der Waals surface area contributed by atoms with Gasteiger partial charge in [-0.3, -0.25) is 4.68 Å². The number of fused-ring (bicyclic) bond motifs is 1. The minimum atomic E-state index is -3.12. The van der Waals surface area contributed by atoms with Crippen molar-refractivity contribution in [1.82, 2.24) is 29.3 Å². The van der Waals surface area contributed by atoms with Gasteiger partial charge < -0.3 is 9.30 Å². The Balaban J connectivity index is 1.51. The summed E-state index contributed by atoms with van der Waals surface area (Å²) in [5.41, 5.74) is 5.76. The lowest BCUT2D eigenvalue weighted by atomic mass is 10.1. The van der Waals surface area contributed by atoms with E-state index >= 15 is 0 Å². The lowest BCUT2D eigenvalue weighted by Crippen LogP contribution is -2.07. The Morgan fingerprint density at radius 2 is 1.63 bits per heavy atom. The molecule has 6 rings (SSSR count). The molecule has 0 saturated heterocycles. The SMILES string of the molecule is COc1ccc(Cn2c(-c3ccccc3)nc3c(-c4cn(CCCS(C)(=O)=O)nc4-c4ccc(F)cc4)ncnc32)cc1. The van der Waals surface area contributed by atoms with Crippen LogP contribution in [0.1, 0.15) is 12.0 Å². The zero-order valence-electron chi connectivity index (χ0n) is 23.7. The molecule has 218 valence electrons. The van der Waals surface area contributed by atoms with E-state index < -0.39 is 9.84 Å². The Labute approximate surface area is 248 Å². The van der Waals surface area contributed by atoms with Gasteiger partial charge in [-0.1, -0.05) is 42.5 Å². The summed E-state index contributed by atoms with van der Waals surface area (Å²) in [6.45, 7) is 0.896. The van der Waals surface area contributed by atoms with Crippen LogP contribution in [0.2, 0.25) is 0 Å². The standard InChI is InChI=1S/C32H29FN6O3S/c1-42-26-15-9-22(10-16-26)19-39-31(24-7-4-3-5-8-24)36-30-29(34-21-35-32(30)39)27-20-38(17-6-18-43(2,40)41)37-28(27)23-11-13-25(33)14-12-23/h3-5,7-16,20-21H,6,17-19H2,1-2H3. The van der Waals surface area contributed by atoms with Crippen LogP contribution in [-0.4, -0.2) is 56.8 Å². The number of imidazole rings is 1. The molecule has 3 heterocycles. The molecular formula is C32H29FN6O3S. The van der Waals surface area contributed by atoms with E-state index in [4.69, 9.17) is 14.8 Å². The molecule has 0 aliphatic heterocycles. The molecule has 0 bridgehead atoms. The summed E-state index contributed by atoms with van der Waals surface area (Å²) in [7, 11) is -1.48. The third-order valence-electron chi connectivity index (χ3n) is 7.10. The number of benzene rings is 3. The molecule has 0 aliphatic rings. The Kier molecular flexibility index (Phi) is 7.73. The number of rotatable bonds is 10. The predicted octanol–water partition coefficient (Wildman–Crippen LogP) is 5.65. The second-order valence-corrected chi connectivity index (χ2v) is 12.5. The molecule has 43 heavy (non-hydrogen) atoms. The molecule has 0 fully saturated rings. The first-order valence-electron chi connectivity index (χ1n) is 13.7. The van der Waals surface area contributed by atoms with Gasteiger partial charge in [0.25, 0.3) is 0 Å². The van der Waals surface area contributed by atoms with Crippen LogP contribution in [0.15, 0.2) is 91.4 Å². The van der Waals surface area contributed by atoms with Crippen molar-refractivity contribution in [2.45, 2.75) is 19.5 Å². The summed E-state index contributed by atoms with van der Waals surface area (Å²) in [5, 5.41) is 4.78. The predicted molar refractivity (Wildman–Crippen MR) is 164 cm³/mol. The molecule has 3 aromatic heterocycles. The maximum atomic E-state index is 13.8. The Hall–Kier alpha value is -4.90. The fourth-order valence-corrected chi connectivity index (χ4v) is 5.68. The smallest absolute Gasteiger partial charge is 0.164 e. The van der Waals surface area contributed by atoms with E-state index in [-0.39, 0.29) is 11.6 Å². The number of ether oxygens (including phenoxy) is 1. The van der Waals surface area contributed by atoms with E-state index in [0.29, 0.717) is 53.2 Å². The summed E-state index contributed by atoms with van der Waals surface area (Å²) >= 11 is 0. The number of halogens is 1. The van der Waals surface area contributed by atoms with Crippen molar-refractivity contribution >= 4 is 21.0 Å². The second-order valence-electron chi connectivity index (χ2n) is 10.3. The van der Waals surface area contributed by atoms with Crippen LogP contribution >= 0.6 is 0 Å². The molecule has 11 heteroatoms. The number of sulfone groups is 1. The first-order valence-corrected chi connectivity index (χ1v) is 15.8. The molecule has 0 aliphatic carbocycles. The summed E-state index contributed by atoms with van der Waals surface area (Å²) in [6.07, 6.45) is 4.97. The Morgan fingerprint density at radius 3 is 2.33 bits per heavy atom. The van der Waals surface area contributed by atoms with Crippen LogP contribution in [0.3, 0.4) is 0 Å². The minimum absolute atomic E-state index is 0.0437.